The van der Waals surface area contributed by atoms with E-state index >= 15 is 0 Å². The minimum Gasteiger partial charge on any atom is -0.469 e. The highest BCUT2D eigenvalue weighted by Gasteiger charge is 2.66. The lowest BCUT2D eigenvalue weighted by atomic mass is 9.41. The summed E-state index contributed by atoms with van der Waals surface area (Å²) in [6.45, 7) is 8.72. The Morgan fingerprint density at radius 3 is 2.67 bits per heavy atom. The maximum atomic E-state index is 12.7. The zero-order valence-corrected chi connectivity index (χ0v) is 15.3. The van der Waals surface area contributed by atoms with E-state index in [1.54, 1.807) is 0 Å². The Hall–Kier alpha value is -1.12. The topological polar surface area (TPSA) is 43.4 Å². The third-order valence-electron chi connectivity index (χ3n) is 8.57. The van der Waals surface area contributed by atoms with Crippen molar-refractivity contribution in [2.24, 2.45) is 34.0 Å². The van der Waals surface area contributed by atoms with Crippen LogP contribution in [0.25, 0.3) is 0 Å². The summed E-state index contributed by atoms with van der Waals surface area (Å²) in [7, 11) is 1.51. The van der Waals surface area contributed by atoms with Gasteiger partial charge in [-0.1, -0.05) is 25.5 Å². The summed E-state index contributed by atoms with van der Waals surface area (Å²) < 4.78 is 5.20. The molecule has 1 unspecified atom stereocenters. The Morgan fingerprint density at radius 1 is 1.21 bits per heavy atom. The number of hydrogen-bond donors (Lipinski definition) is 0. The van der Waals surface area contributed by atoms with Gasteiger partial charge in [-0.2, -0.15) is 0 Å². The fraction of sp³-hybridized carbons (Fsp3) is 0.810. The van der Waals surface area contributed by atoms with Crippen molar-refractivity contribution in [2.45, 2.75) is 65.2 Å². The molecule has 0 aromatic rings. The Kier molecular flexibility index (Phi) is 3.38. The number of ether oxygens (including phenoxy) is 1. The van der Waals surface area contributed by atoms with Crippen LogP contribution in [0.1, 0.15) is 65.2 Å². The molecule has 4 fully saturated rings. The maximum absolute atomic E-state index is 12.7. The zero-order chi connectivity index (χ0) is 17.3. The SMILES string of the molecule is C=C1C[C@@]23CC[C@@H]4C(C)(C(=O)OC)CCC[C@@]4(C)[C@@H]2CC(=O)[C@@H]1C3. The Balaban J connectivity index is 1.76. The van der Waals surface area contributed by atoms with Gasteiger partial charge < -0.3 is 4.74 Å². The number of rotatable bonds is 1. The van der Waals surface area contributed by atoms with Gasteiger partial charge in [0.2, 0.25) is 0 Å². The molecule has 4 aliphatic carbocycles. The second-order valence-electron chi connectivity index (χ2n) is 9.54. The second kappa shape index (κ2) is 4.95. The summed E-state index contributed by atoms with van der Waals surface area (Å²) in [4.78, 5) is 25.3. The van der Waals surface area contributed by atoms with Crippen LogP contribution in [0.4, 0.5) is 0 Å². The summed E-state index contributed by atoms with van der Waals surface area (Å²) in [6.07, 6.45) is 8.11. The van der Waals surface area contributed by atoms with Crippen molar-refractivity contribution >= 4 is 11.8 Å². The molecule has 1 spiro atoms. The van der Waals surface area contributed by atoms with E-state index in [9.17, 15) is 9.59 Å². The van der Waals surface area contributed by atoms with E-state index in [1.807, 2.05) is 0 Å². The van der Waals surface area contributed by atoms with E-state index in [-0.39, 0.29) is 22.7 Å². The van der Waals surface area contributed by atoms with Gasteiger partial charge in [0.15, 0.2) is 0 Å². The predicted molar refractivity (Wildman–Crippen MR) is 92.2 cm³/mol. The molecule has 0 radical (unpaired) electrons. The van der Waals surface area contributed by atoms with E-state index in [0.29, 0.717) is 24.0 Å². The van der Waals surface area contributed by atoms with Crippen LogP contribution in [0.3, 0.4) is 0 Å². The van der Waals surface area contributed by atoms with Crippen molar-refractivity contribution in [2.75, 3.05) is 7.11 Å². The highest BCUT2D eigenvalue weighted by atomic mass is 16.5. The molecule has 0 saturated heterocycles. The first-order valence-electron chi connectivity index (χ1n) is 9.56. The largest absolute Gasteiger partial charge is 0.469 e. The Bertz CT molecular complexity index is 623. The number of carbonyl (C=O) groups excluding carboxylic acids is 2. The summed E-state index contributed by atoms with van der Waals surface area (Å²) in [6, 6.07) is 0. The molecule has 2 bridgehead atoms. The smallest absolute Gasteiger partial charge is 0.311 e. The standard InChI is InChI=1S/C21H30O3/c1-13-11-21-9-6-16-19(2,17(21)10-15(22)14(13)12-21)7-5-8-20(16,3)18(23)24-4/h14,16-17H,1,5-12H2,2-4H3/t14-,16+,17+,19-,20?,21-/m1/s1. The third kappa shape index (κ3) is 1.84. The van der Waals surface area contributed by atoms with Gasteiger partial charge in [0, 0.05) is 12.3 Å². The number of ketones is 1. The van der Waals surface area contributed by atoms with Crippen LogP contribution in [0, 0.1) is 34.0 Å². The first-order valence-corrected chi connectivity index (χ1v) is 9.56. The summed E-state index contributed by atoms with van der Waals surface area (Å²) in [5, 5.41) is 0. The molecule has 0 N–H and O–H groups in total. The molecule has 0 aromatic heterocycles. The summed E-state index contributed by atoms with van der Waals surface area (Å²) >= 11 is 0. The number of esters is 1. The first-order chi connectivity index (χ1) is 11.3. The number of Topliss-reactive ketones (excluding diaryl/α,β-unsaturated/α-hetero) is 1. The van der Waals surface area contributed by atoms with Gasteiger partial charge in [0.05, 0.1) is 12.5 Å². The molecule has 3 heteroatoms. The zero-order valence-electron chi connectivity index (χ0n) is 15.3. The van der Waals surface area contributed by atoms with Gasteiger partial charge in [-0.05, 0) is 68.1 Å². The van der Waals surface area contributed by atoms with Crippen LogP contribution in [0.2, 0.25) is 0 Å². The Labute approximate surface area is 145 Å². The summed E-state index contributed by atoms with van der Waals surface area (Å²) in [5.74, 6) is 1.23. The van der Waals surface area contributed by atoms with Crippen molar-refractivity contribution in [1.29, 1.82) is 0 Å². The Morgan fingerprint density at radius 2 is 1.96 bits per heavy atom. The lowest BCUT2D eigenvalue weighted by molar-refractivity contribution is -0.184. The van der Waals surface area contributed by atoms with Crippen LogP contribution >= 0.6 is 0 Å². The number of methoxy groups -OCH3 is 1. The average Bonchev–Trinajstić information content (AvgIpc) is 2.82. The average molecular weight is 330 g/mol. The molecule has 132 valence electrons. The quantitative estimate of drug-likeness (QED) is 0.531. The van der Waals surface area contributed by atoms with Gasteiger partial charge in [-0.25, -0.2) is 0 Å². The number of hydrogen-bond acceptors (Lipinski definition) is 3. The molecule has 3 nitrogen and oxygen atoms in total. The molecular weight excluding hydrogens is 300 g/mol. The van der Waals surface area contributed by atoms with Gasteiger partial charge in [-0.15, -0.1) is 0 Å². The molecular formula is C21H30O3. The lowest BCUT2D eigenvalue weighted by Crippen LogP contribution is -2.59. The molecule has 4 aliphatic rings. The monoisotopic (exact) mass is 330 g/mol. The van der Waals surface area contributed by atoms with Gasteiger partial charge in [0.1, 0.15) is 5.78 Å². The van der Waals surface area contributed by atoms with Gasteiger partial charge in [-0.3, -0.25) is 9.59 Å². The second-order valence-corrected chi connectivity index (χ2v) is 9.54. The van der Waals surface area contributed by atoms with Crippen LogP contribution in [0.5, 0.6) is 0 Å². The first kappa shape index (κ1) is 16.4. The minimum atomic E-state index is -0.390. The minimum absolute atomic E-state index is 0.0507. The van der Waals surface area contributed by atoms with Crippen molar-refractivity contribution in [3.05, 3.63) is 12.2 Å². The van der Waals surface area contributed by atoms with E-state index in [4.69, 9.17) is 4.74 Å². The fourth-order valence-corrected chi connectivity index (χ4v) is 7.55. The van der Waals surface area contributed by atoms with Crippen molar-refractivity contribution in [3.63, 3.8) is 0 Å². The molecule has 4 saturated carbocycles. The molecule has 0 aromatic carbocycles. The van der Waals surface area contributed by atoms with Crippen LogP contribution in [0.15, 0.2) is 12.2 Å². The molecule has 6 atom stereocenters. The predicted octanol–water partition coefficient (Wildman–Crippen LogP) is 4.31. The van der Waals surface area contributed by atoms with Gasteiger partial charge in [0.25, 0.3) is 0 Å². The molecule has 4 rings (SSSR count). The van der Waals surface area contributed by atoms with E-state index < -0.39 is 5.41 Å². The van der Waals surface area contributed by atoms with E-state index in [1.165, 1.54) is 12.7 Å². The highest BCUT2D eigenvalue weighted by Crippen LogP contribution is 2.71. The highest BCUT2D eigenvalue weighted by molar-refractivity contribution is 5.86. The lowest BCUT2D eigenvalue weighted by Gasteiger charge is -2.63. The van der Waals surface area contributed by atoms with Crippen LogP contribution in [-0.4, -0.2) is 18.9 Å². The number of allylic oxidation sites excluding steroid dienone is 1. The van der Waals surface area contributed by atoms with Crippen molar-refractivity contribution in [1.82, 2.24) is 0 Å². The third-order valence-corrected chi connectivity index (χ3v) is 8.57. The van der Waals surface area contributed by atoms with E-state index in [0.717, 1.165) is 44.9 Å². The van der Waals surface area contributed by atoms with Crippen molar-refractivity contribution < 1.29 is 14.3 Å². The normalized spacial score (nSPS) is 50.2. The molecule has 0 amide bonds. The maximum Gasteiger partial charge on any atom is 0.311 e. The number of fused-ring (bicyclic) bond motifs is 3. The molecule has 24 heavy (non-hydrogen) atoms. The van der Waals surface area contributed by atoms with Crippen LogP contribution < -0.4 is 0 Å². The van der Waals surface area contributed by atoms with Crippen molar-refractivity contribution in [3.8, 4) is 0 Å². The number of carbonyl (C=O) groups is 2. The fourth-order valence-electron chi connectivity index (χ4n) is 7.55. The van der Waals surface area contributed by atoms with Gasteiger partial charge >= 0.3 is 5.97 Å². The van der Waals surface area contributed by atoms with E-state index in [2.05, 4.69) is 20.4 Å². The molecule has 0 aliphatic heterocycles. The summed E-state index contributed by atoms with van der Waals surface area (Å²) in [5.41, 5.74) is 1.13. The molecule has 0 heterocycles. The van der Waals surface area contributed by atoms with Crippen LogP contribution in [-0.2, 0) is 14.3 Å².